The zero-order valence-electron chi connectivity index (χ0n) is 11.1. The fourth-order valence-corrected chi connectivity index (χ4v) is 1.88. The number of rotatable bonds is 7. The summed E-state index contributed by atoms with van der Waals surface area (Å²) in [6, 6.07) is 6.14. The molecule has 6 nitrogen and oxygen atoms in total. The molecule has 1 aromatic heterocycles. The second-order valence-corrected chi connectivity index (χ2v) is 4.47. The van der Waals surface area contributed by atoms with Crippen molar-refractivity contribution in [2.75, 3.05) is 18.5 Å². The highest BCUT2D eigenvalue weighted by atomic mass is 16.2. The molecule has 0 saturated carbocycles. The molecule has 0 radical (unpaired) electrons. The van der Waals surface area contributed by atoms with Gasteiger partial charge in [0, 0.05) is 18.8 Å². The van der Waals surface area contributed by atoms with E-state index in [1.54, 1.807) is 11.0 Å². The van der Waals surface area contributed by atoms with Crippen molar-refractivity contribution in [1.29, 1.82) is 0 Å². The third-order valence-electron chi connectivity index (χ3n) is 2.97. The number of hydrogen-bond donors (Lipinski definition) is 2. The van der Waals surface area contributed by atoms with E-state index in [9.17, 15) is 0 Å². The fraction of sp³-hybridized carbons (Fsp3) is 0.462. The van der Waals surface area contributed by atoms with Crippen LogP contribution in [-0.2, 0) is 0 Å². The van der Waals surface area contributed by atoms with Gasteiger partial charge in [-0.25, -0.2) is 4.68 Å². The molecular formula is C13H19N5O. The molecule has 1 heterocycles. The number of hydrogen-bond acceptors (Lipinski definition) is 5. The average Bonchev–Trinajstić information content (AvgIpc) is 2.94. The maximum atomic E-state index is 8.71. The van der Waals surface area contributed by atoms with Gasteiger partial charge in [-0.05, 0) is 54.3 Å². The number of nitrogens with one attached hydrogen (secondary N) is 1. The summed E-state index contributed by atoms with van der Waals surface area (Å²) < 4.78 is 1.66. The zero-order valence-corrected chi connectivity index (χ0v) is 11.1. The summed E-state index contributed by atoms with van der Waals surface area (Å²) in [4.78, 5) is 0. The predicted octanol–water partition coefficient (Wildman–Crippen LogP) is 1.55. The number of aliphatic hydroxyl groups excluding tert-OH is 1. The SMILES string of the molecule is Cc1ccc(NCCCCCO)cc1-n1cnnn1. The van der Waals surface area contributed by atoms with Crippen molar-refractivity contribution < 1.29 is 5.11 Å². The van der Waals surface area contributed by atoms with E-state index in [0.29, 0.717) is 0 Å². The summed E-state index contributed by atoms with van der Waals surface area (Å²) in [5.74, 6) is 0. The van der Waals surface area contributed by atoms with Gasteiger partial charge in [0.1, 0.15) is 6.33 Å². The van der Waals surface area contributed by atoms with E-state index in [2.05, 4.69) is 26.9 Å². The van der Waals surface area contributed by atoms with Crippen LogP contribution in [0.5, 0.6) is 0 Å². The number of aromatic nitrogens is 4. The highest BCUT2D eigenvalue weighted by molar-refractivity contribution is 5.54. The zero-order chi connectivity index (χ0) is 13.5. The Morgan fingerprint density at radius 3 is 2.89 bits per heavy atom. The summed E-state index contributed by atoms with van der Waals surface area (Å²) in [5, 5.41) is 23.3. The average molecular weight is 261 g/mol. The molecule has 0 spiro atoms. The van der Waals surface area contributed by atoms with E-state index < -0.39 is 0 Å². The Morgan fingerprint density at radius 1 is 1.26 bits per heavy atom. The largest absolute Gasteiger partial charge is 0.396 e. The molecule has 19 heavy (non-hydrogen) atoms. The molecule has 6 heteroatoms. The van der Waals surface area contributed by atoms with Crippen LogP contribution in [0.2, 0.25) is 0 Å². The Bertz CT molecular complexity index is 498. The maximum Gasteiger partial charge on any atom is 0.143 e. The van der Waals surface area contributed by atoms with Gasteiger partial charge in [-0.1, -0.05) is 6.07 Å². The summed E-state index contributed by atoms with van der Waals surface area (Å²) in [5.41, 5.74) is 3.16. The van der Waals surface area contributed by atoms with Crippen LogP contribution in [0.1, 0.15) is 24.8 Å². The van der Waals surface area contributed by atoms with Gasteiger partial charge in [0.2, 0.25) is 0 Å². The first-order valence-electron chi connectivity index (χ1n) is 6.50. The molecule has 1 aromatic carbocycles. The van der Waals surface area contributed by atoms with E-state index in [1.165, 1.54) is 0 Å². The smallest absolute Gasteiger partial charge is 0.143 e. The first-order chi connectivity index (χ1) is 9.31. The normalized spacial score (nSPS) is 10.6. The van der Waals surface area contributed by atoms with Crippen LogP contribution in [-0.4, -0.2) is 38.5 Å². The Morgan fingerprint density at radius 2 is 2.16 bits per heavy atom. The topological polar surface area (TPSA) is 75.9 Å². The van der Waals surface area contributed by atoms with Crippen LogP contribution in [0.4, 0.5) is 5.69 Å². The lowest BCUT2D eigenvalue weighted by atomic mass is 10.1. The number of aliphatic hydroxyl groups is 1. The molecule has 2 N–H and O–H groups in total. The van der Waals surface area contributed by atoms with Crippen molar-refractivity contribution in [2.45, 2.75) is 26.2 Å². The molecule has 0 atom stereocenters. The molecule has 0 fully saturated rings. The van der Waals surface area contributed by atoms with Crippen molar-refractivity contribution in [3.05, 3.63) is 30.1 Å². The second kappa shape index (κ2) is 6.84. The van der Waals surface area contributed by atoms with Crippen LogP contribution < -0.4 is 5.32 Å². The molecule has 0 saturated heterocycles. The molecule has 0 unspecified atom stereocenters. The number of aryl methyl sites for hydroxylation is 1. The standard InChI is InChI=1S/C13H19N5O/c1-11-5-6-12(14-7-3-2-4-8-19)9-13(11)18-10-15-16-17-18/h5-6,9-10,14,19H,2-4,7-8H2,1H3. The van der Waals surface area contributed by atoms with Crippen LogP contribution in [0.15, 0.2) is 24.5 Å². The molecule has 0 amide bonds. The third kappa shape index (κ3) is 3.75. The monoisotopic (exact) mass is 261 g/mol. The van der Waals surface area contributed by atoms with Crippen molar-refractivity contribution in [1.82, 2.24) is 20.2 Å². The predicted molar refractivity (Wildman–Crippen MR) is 73.3 cm³/mol. The maximum absolute atomic E-state index is 8.71. The molecule has 0 aliphatic heterocycles. The van der Waals surface area contributed by atoms with Crippen molar-refractivity contribution >= 4 is 5.69 Å². The lowest BCUT2D eigenvalue weighted by Crippen LogP contribution is -2.04. The minimum Gasteiger partial charge on any atom is -0.396 e. The summed E-state index contributed by atoms with van der Waals surface area (Å²) in [6.07, 6.45) is 4.54. The quantitative estimate of drug-likeness (QED) is 0.739. The van der Waals surface area contributed by atoms with E-state index in [1.807, 2.05) is 19.1 Å². The Labute approximate surface area is 112 Å². The highest BCUT2D eigenvalue weighted by Gasteiger charge is 2.03. The Hall–Kier alpha value is -1.95. The molecule has 0 aliphatic carbocycles. The van der Waals surface area contributed by atoms with Gasteiger partial charge in [0.25, 0.3) is 0 Å². The number of tetrazole rings is 1. The molecular weight excluding hydrogens is 242 g/mol. The van der Waals surface area contributed by atoms with Crippen LogP contribution in [0.25, 0.3) is 5.69 Å². The minimum atomic E-state index is 0.272. The van der Waals surface area contributed by atoms with Gasteiger partial charge in [0.05, 0.1) is 5.69 Å². The Kier molecular flexibility index (Phi) is 4.85. The minimum absolute atomic E-state index is 0.272. The van der Waals surface area contributed by atoms with Crippen LogP contribution in [0.3, 0.4) is 0 Å². The van der Waals surface area contributed by atoms with Gasteiger partial charge in [-0.3, -0.25) is 0 Å². The van der Waals surface area contributed by atoms with E-state index >= 15 is 0 Å². The fourth-order valence-electron chi connectivity index (χ4n) is 1.88. The van der Waals surface area contributed by atoms with E-state index in [4.69, 9.17) is 5.11 Å². The lowest BCUT2D eigenvalue weighted by Gasteiger charge is -2.10. The first kappa shape index (κ1) is 13.5. The van der Waals surface area contributed by atoms with Crippen molar-refractivity contribution in [3.8, 4) is 5.69 Å². The number of unbranched alkanes of at least 4 members (excludes halogenated alkanes) is 2. The first-order valence-corrected chi connectivity index (χ1v) is 6.50. The Balaban J connectivity index is 1.97. The van der Waals surface area contributed by atoms with E-state index in [0.717, 1.165) is 42.7 Å². The molecule has 2 aromatic rings. The number of benzene rings is 1. The number of nitrogens with zero attached hydrogens (tertiary/aromatic N) is 4. The molecule has 0 bridgehead atoms. The summed E-state index contributed by atoms with van der Waals surface area (Å²) in [7, 11) is 0. The van der Waals surface area contributed by atoms with Gasteiger partial charge < -0.3 is 10.4 Å². The summed E-state index contributed by atoms with van der Waals surface area (Å²) >= 11 is 0. The summed E-state index contributed by atoms with van der Waals surface area (Å²) in [6.45, 7) is 3.20. The third-order valence-corrected chi connectivity index (χ3v) is 2.97. The highest BCUT2D eigenvalue weighted by Crippen LogP contribution is 2.18. The van der Waals surface area contributed by atoms with Gasteiger partial charge in [-0.15, -0.1) is 5.10 Å². The lowest BCUT2D eigenvalue weighted by molar-refractivity contribution is 0.283. The van der Waals surface area contributed by atoms with Crippen molar-refractivity contribution in [3.63, 3.8) is 0 Å². The molecule has 102 valence electrons. The van der Waals surface area contributed by atoms with Gasteiger partial charge in [-0.2, -0.15) is 0 Å². The van der Waals surface area contributed by atoms with Gasteiger partial charge >= 0.3 is 0 Å². The van der Waals surface area contributed by atoms with E-state index in [-0.39, 0.29) is 6.61 Å². The van der Waals surface area contributed by atoms with Crippen LogP contribution >= 0.6 is 0 Å². The molecule has 2 rings (SSSR count). The van der Waals surface area contributed by atoms with Crippen LogP contribution in [0, 0.1) is 6.92 Å². The molecule has 0 aliphatic rings. The number of anilines is 1. The van der Waals surface area contributed by atoms with Crippen molar-refractivity contribution in [2.24, 2.45) is 0 Å². The second-order valence-electron chi connectivity index (χ2n) is 4.47. The van der Waals surface area contributed by atoms with Gasteiger partial charge in [0.15, 0.2) is 0 Å².